The molecule has 0 amide bonds. The summed E-state index contributed by atoms with van der Waals surface area (Å²) in [4.78, 5) is 21.0. The van der Waals surface area contributed by atoms with Gasteiger partial charge >= 0.3 is 0 Å². The minimum absolute atomic E-state index is 0.000922. The number of aromatic hydroxyl groups is 2. The van der Waals surface area contributed by atoms with Crippen LogP contribution in [-0.4, -0.2) is 88.0 Å². The Labute approximate surface area is 436 Å². The van der Waals surface area contributed by atoms with Crippen LogP contribution in [0.1, 0.15) is 101 Å². The van der Waals surface area contributed by atoms with E-state index in [0.717, 1.165) is 82.7 Å². The van der Waals surface area contributed by atoms with E-state index in [2.05, 4.69) is 41.5 Å². The van der Waals surface area contributed by atoms with Crippen LogP contribution < -0.4 is 24.5 Å². The number of methoxy groups -OCH3 is 1. The number of ketones is 1. The van der Waals surface area contributed by atoms with E-state index in [4.69, 9.17) is 14.2 Å². The Morgan fingerprint density at radius 3 is 2.47 bits per heavy atom. The zero-order valence-electron chi connectivity index (χ0n) is 42.0. The van der Waals surface area contributed by atoms with E-state index in [1.54, 1.807) is 50.8 Å². The second kappa shape index (κ2) is 23.6. The average molecular weight is 1030 g/mol. The van der Waals surface area contributed by atoms with Crippen molar-refractivity contribution in [1.29, 1.82) is 0 Å². The van der Waals surface area contributed by atoms with E-state index in [-0.39, 0.29) is 48.1 Å². The summed E-state index contributed by atoms with van der Waals surface area (Å²) in [6, 6.07) is 26.4. The number of carbonyl (C=O) groups is 1. The zero-order chi connectivity index (χ0) is 51.2. The van der Waals surface area contributed by atoms with E-state index < -0.39 is 42.2 Å². The predicted molar refractivity (Wildman–Crippen MR) is 288 cm³/mol. The van der Waals surface area contributed by atoms with Crippen LogP contribution in [0.4, 0.5) is 0 Å². The number of aliphatic hydroxyl groups is 4. The molecule has 2 heterocycles. The van der Waals surface area contributed by atoms with Crippen LogP contribution in [0.5, 0.6) is 28.7 Å². The van der Waals surface area contributed by atoms with Gasteiger partial charge in [-0.2, -0.15) is 12.4 Å². The second-order valence-electron chi connectivity index (χ2n) is 20.2. The molecule has 2 saturated carbocycles. The van der Waals surface area contributed by atoms with E-state index in [0.29, 0.717) is 65.5 Å². The number of fused-ring (bicyclic) bond motifs is 2. The highest BCUT2D eigenvalue weighted by Gasteiger charge is 2.58. The first-order chi connectivity index (χ1) is 35.5. The smallest absolute Gasteiger partial charge is 0.186 e. The molecule has 1 aromatic heterocycles. The van der Waals surface area contributed by atoms with Gasteiger partial charge in [0.2, 0.25) is 0 Å². The number of nitrogens with zero attached hydrogens (tertiary/aromatic N) is 1. The summed E-state index contributed by atoms with van der Waals surface area (Å²) in [5.41, 5.74) is 5.82. The number of aliphatic hydroxyl groups excluding tert-OH is 4. The van der Waals surface area contributed by atoms with Gasteiger partial charge in [0.15, 0.2) is 35.6 Å². The molecular weight excluding hydrogens is 961 g/mol. The SMILES string of the molecule is CCc1ccc2cccc3c2c1Cc1c(ccc(O)c1OC)C[C@@H](Cc1cc[n-]c1)[C@H](O)[C@@H]1C(=O)[C@@](Cc2ccc(OCO)c(OC4CCCCC4)c2)(c2cc(O)cc(CNC)c2)[C@H](O)C[C@H]1CSS[C@H]3CO. The van der Waals surface area contributed by atoms with Gasteiger partial charge in [0, 0.05) is 30.2 Å². The molecule has 7 N–H and O–H groups in total. The molecule has 0 unspecified atom stereocenters. The highest BCUT2D eigenvalue weighted by Crippen LogP contribution is 2.52. The van der Waals surface area contributed by atoms with E-state index >= 15 is 4.79 Å². The van der Waals surface area contributed by atoms with Gasteiger partial charge in [0.1, 0.15) is 5.75 Å². The summed E-state index contributed by atoms with van der Waals surface area (Å²) < 4.78 is 18.3. The van der Waals surface area contributed by atoms with E-state index in [1.807, 2.05) is 36.4 Å². The first-order valence-electron chi connectivity index (χ1n) is 25.8. The lowest BCUT2D eigenvalue weighted by molar-refractivity contribution is -0.149. The molecular formula is C59H69N2O10S2-. The highest BCUT2D eigenvalue weighted by atomic mass is 33.1. The maximum atomic E-state index is 16.6. The first-order valence-corrected chi connectivity index (χ1v) is 28.2. The highest BCUT2D eigenvalue weighted by molar-refractivity contribution is 8.76. The number of aryl methyl sites for hydroxylation is 1. The zero-order valence-corrected chi connectivity index (χ0v) is 43.6. The number of benzene rings is 5. The van der Waals surface area contributed by atoms with Crippen LogP contribution in [0.15, 0.2) is 97.3 Å². The fourth-order valence-corrected chi connectivity index (χ4v) is 15.1. The number of ether oxygens (including phenoxy) is 3. The summed E-state index contributed by atoms with van der Waals surface area (Å²) in [6.45, 7) is 1.79. The third-order valence-corrected chi connectivity index (χ3v) is 18.6. The maximum Gasteiger partial charge on any atom is 0.186 e. The molecule has 7 atom stereocenters. The van der Waals surface area contributed by atoms with Gasteiger partial charge in [-0.3, -0.25) is 4.79 Å². The van der Waals surface area contributed by atoms with Crippen molar-refractivity contribution in [1.82, 2.24) is 10.3 Å². The van der Waals surface area contributed by atoms with Crippen molar-refractivity contribution in [2.24, 2.45) is 17.8 Å². The Hall–Kier alpha value is -5.19. The lowest BCUT2D eigenvalue weighted by Gasteiger charge is -2.49. The monoisotopic (exact) mass is 1030 g/mol. The Morgan fingerprint density at radius 1 is 0.890 bits per heavy atom. The molecule has 5 aromatic carbocycles. The molecule has 0 radical (unpaired) electrons. The predicted octanol–water partition coefficient (Wildman–Crippen LogP) is 9.07. The number of hydrogen-bond acceptors (Lipinski definition) is 13. The standard InChI is InChI=1S/C59H69N2O10S2/c1-4-38-14-15-39-9-8-12-46-52(32-62)73-72-33-42-26-53(66)59(43-22-37(30-60-2)23-44(64)27-43,29-35-13-18-50(70-34-63)51(24-35)71-45-10-6-5-7-11-45)58(68)55(42)56(67)41(21-36-19-20-61-31-36)25-40-16-17-49(65)57(69-3)48(40)28-47(38)54(39)46/h8-9,12-20,22-24,27,31,41-42,45,52-53,55-56,60,62-67H,4-7,10-11,21,25-26,28-30,32-34H2,1-3H3/q-1/t41-,42+,52+,53-,55-,56+,59+/m1/s1. The number of Topliss-reactive ketones (excluding diaryl/α,β-unsaturated/α-hetero) is 1. The Bertz CT molecular complexity index is 2850. The van der Waals surface area contributed by atoms with Crippen molar-refractivity contribution < 1.29 is 49.6 Å². The van der Waals surface area contributed by atoms with Gasteiger partial charge in [-0.05, 0) is 157 Å². The number of phenols is 2. The van der Waals surface area contributed by atoms with Crippen molar-refractivity contribution in [2.75, 3.05) is 33.3 Å². The summed E-state index contributed by atoms with van der Waals surface area (Å²) >= 11 is 0. The van der Waals surface area contributed by atoms with E-state index in [1.165, 1.54) is 21.6 Å². The molecule has 2 fully saturated rings. The fraction of sp³-hybridized carbons (Fsp3) is 0.441. The topological polar surface area (TPSA) is 192 Å². The average Bonchev–Trinajstić information content (AvgIpc) is 3.91. The second-order valence-corrected chi connectivity index (χ2v) is 22.8. The van der Waals surface area contributed by atoms with Gasteiger partial charge in [-0.1, -0.05) is 95.1 Å². The summed E-state index contributed by atoms with van der Waals surface area (Å²) in [6.07, 6.45) is 7.83. The lowest BCUT2D eigenvalue weighted by atomic mass is 9.55. The first kappa shape index (κ1) is 52.7. The minimum Gasteiger partial charge on any atom is -0.670 e. The van der Waals surface area contributed by atoms with Crippen LogP contribution in [0.3, 0.4) is 0 Å². The molecule has 9 rings (SSSR count). The Balaban J connectivity index is 1.22. The van der Waals surface area contributed by atoms with E-state index in [9.17, 15) is 30.6 Å². The van der Waals surface area contributed by atoms with Gasteiger partial charge in [-0.25, -0.2) is 0 Å². The molecule has 388 valence electrons. The van der Waals surface area contributed by atoms with Crippen LogP contribution in [-0.2, 0) is 48.9 Å². The molecule has 14 heteroatoms. The van der Waals surface area contributed by atoms with Gasteiger partial charge in [0.05, 0.1) is 42.7 Å². The maximum absolute atomic E-state index is 16.6. The molecule has 0 saturated heterocycles. The lowest BCUT2D eigenvalue weighted by Crippen LogP contribution is -2.61. The Kier molecular flexibility index (Phi) is 17.0. The number of hydrogen-bond donors (Lipinski definition) is 7. The third kappa shape index (κ3) is 11.0. The summed E-state index contributed by atoms with van der Waals surface area (Å²) in [7, 11) is 6.42. The molecule has 3 aliphatic rings. The van der Waals surface area contributed by atoms with Crippen molar-refractivity contribution >= 4 is 38.1 Å². The van der Waals surface area contributed by atoms with Gasteiger partial charge in [0.25, 0.3) is 0 Å². The summed E-state index contributed by atoms with van der Waals surface area (Å²) in [5.74, 6) is -1.03. The Morgan fingerprint density at radius 2 is 1.73 bits per heavy atom. The van der Waals surface area contributed by atoms with Crippen molar-refractivity contribution in [3.05, 3.63) is 147 Å². The quantitative estimate of drug-likeness (QED) is 0.0404. The molecule has 0 spiro atoms. The molecule has 1 aliphatic heterocycles. The molecule has 0 bridgehead atoms. The normalized spacial score (nSPS) is 24.0. The number of carbonyl (C=O) groups excluding carboxylic acids is 1. The molecule has 2 aliphatic carbocycles. The molecule has 6 aromatic rings. The van der Waals surface area contributed by atoms with Gasteiger partial charge in [-0.15, -0.1) is 0 Å². The number of aromatic nitrogens is 1. The molecule has 73 heavy (non-hydrogen) atoms. The van der Waals surface area contributed by atoms with Gasteiger partial charge < -0.3 is 55.2 Å². The van der Waals surface area contributed by atoms with Crippen LogP contribution >= 0.6 is 21.6 Å². The van der Waals surface area contributed by atoms with Crippen molar-refractivity contribution in [3.63, 3.8) is 0 Å². The third-order valence-electron chi connectivity index (χ3n) is 15.8. The minimum atomic E-state index is -1.67. The van der Waals surface area contributed by atoms with Crippen LogP contribution in [0.25, 0.3) is 10.8 Å². The van der Waals surface area contributed by atoms with Crippen molar-refractivity contribution in [2.45, 2.75) is 113 Å². The van der Waals surface area contributed by atoms with Crippen LogP contribution in [0.2, 0.25) is 0 Å². The fourth-order valence-electron chi connectivity index (χ4n) is 12.2. The summed E-state index contributed by atoms with van der Waals surface area (Å²) in [5, 5.41) is 75.5. The number of phenolic OH excluding ortho intramolecular Hbond substituents is 2. The van der Waals surface area contributed by atoms with Crippen LogP contribution in [0, 0.1) is 17.8 Å². The number of rotatable bonds is 14. The van der Waals surface area contributed by atoms with Crippen molar-refractivity contribution in [3.8, 4) is 28.7 Å². The molecule has 12 nitrogen and oxygen atoms in total. The number of nitrogens with one attached hydrogen (secondary N) is 1. The largest absolute Gasteiger partial charge is 0.670 e.